The molecule has 1 aromatic heterocycles. The molecule has 0 saturated carbocycles. The maximum absolute atomic E-state index is 5.68. The van der Waals surface area contributed by atoms with Crippen LogP contribution in [0.15, 0.2) is 12.3 Å². The number of anilines is 2. The summed E-state index contributed by atoms with van der Waals surface area (Å²) in [5.74, 6) is 0.897. The molecule has 4 heteroatoms. The molecule has 0 amide bonds. The topological polar surface area (TPSA) is 60.2 Å². The number of aryl methyl sites for hydroxylation is 1. The van der Waals surface area contributed by atoms with E-state index < -0.39 is 0 Å². The lowest BCUT2D eigenvalue weighted by atomic mass is 9.94. The highest BCUT2D eigenvalue weighted by molar-refractivity contribution is 5.52. The van der Waals surface area contributed by atoms with Crippen molar-refractivity contribution in [2.45, 2.75) is 38.8 Å². The van der Waals surface area contributed by atoms with E-state index in [-0.39, 0.29) is 11.6 Å². The lowest BCUT2D eigenvalue weighted by Crippen LogP contribution is -2.41. The molecule has 0 aromatic carbocycles. The minimum absolute atomic E-state index is 0.0339. The third kappa shape index (κ3) is 1.97. The van der Waals surface area contributed by atoms with E-state index in [1.54, 1.807) is 6.20 Å². The van der Waals surface area contributed by atoms with Gasteiger partial charge < -0.3 is 15.8 Å². The molecule has 2 unspecified atom stereocenters. The summed E-state index contributed by atoms with van der Waals surface area (Å²) in [6.45, 7) is 7.07. The van der Waals surface area contributed by atoms with Crippen molar-refractivity contribution in [1.29, 1.82) is 0 Å². The molecule has 3 N–H and O–H groups in total. The van der Waals surface area contributed by atoms with Gasteiger partial charge in [0.2, 0.25) is 0 Å². The summed E-state index contributed by atoms with van der Waals surface area (Å²) in [7, 11) is 0. The van der Waals surface area contributed by atoms with E-state index in [0.717, 1.165) is 24.4 Å². The average Bonchev–Trinajstić information content (AvgIpc) is 2.52. The smallest absolute Gasteiger partial charge is 0.129 e. The van der Waals surface area contributed by atoms with Gasteiger partial charge in [-0.2, -0.15) is 0 Å². The minimum atomic E-state index is -0.0339. The molecule has 1 aromatic rings. The van der Waals surface area contributed by atoms with Gasteiger partial charge in [-0.25, -0.2) is 4.98 Å². The largest absolute Gasteiger partial charge is 0.397 e. The fourth-order valence-electron chi connectivity index (χ4n) is 2.00. The summed E-state index contributed by atoms with van der Waals surface area (Å²) >= 11 is 0. The lowest BCUT2D eigenvalue weighted by molar-refractivity contribution is 0.105. The third-order valence-corrected chi connectivity index (χ3v) is 3.39. The zero-order chi connectivity index (χ0) is 11.8. The molecule has 0 bridgehead atoms. The van der Waals surface area contributed by atoms with Crippen molar-refractivity contribution in [3.8, 4) is 0 Å². The van der Waals surface area contributed by atoms with Gasteiger partial charge in [0.1, 0.15) is 5.82 Å². The van der Waals surface area contributed by atoms with Crippen molar-refractivity contribution in [2.75, 3.05) is 17.7 Å². The SMILES string of the molecule is Cc1cc(N)cnc1NC1(C)CCOC1C. The Bertz CT molecular complexity index is 394. The van der Waals surface area contributed by atoms with Crippen LogP contribution in [0.3, 0.4) is 0 Å². The minimum Gasteiger partial charge on any atom is -0.397 e. The lowest BCUT2D eigenvalue weighted by Gasteiger charge is -2.30. The third-order valence-electron chi connectivity index (χ3n) is 3.39. The van der Waals surface area contributed by atoms with Crippen molar-refractivity contribution in [1.82, 2.24) is 4.98 Å². The van der Waals surface area contributed by atoms with E-state index in [2.05, 4.69) is 24.1 Å². The maximum atomic E-state index is 5.68. The summed E-state index contributed by atoms with van der Waals surface area (Å²) in [5.41, 5.74) is 7.41. The summed E-state index contributed by atoms with van der Waals surface area (Å²) in [6, 6.07) is 1.93. The standard InChI is InChI=1S/C12H19N3O/c1-8-6-10(13)7-14-11(8)15-12(3)4-5-16-9(12)2/h6-7,9H,4-5,13H2,1-3H3,(H,14,15). The van der Waals surface area contributed by atoms with Gasteiger partial charge in [0, 0.05) is 6.61 Å². The van der Waals surface area contributed by atoms with Crippen molar-refractivity contribution < 1.29 is 4.74 Å². The molecule has 1 aliphatic rings. The van der Waals surface area contributed by atoms with Gasteiger partial charge in [0.05, 0.1) is 23.5 Å². The van der Waals surface area contributed by atoms with E-state index in [9.17, 15) is 0 Å². The first-order chi connectivity index (χ1) is 7.51. The van der Waals surface area contributed by atoms with Crippen LogP contribution in [-0.4, -0.2) is 23.2 Å². The number of nitrogens with two attached hydrogens (primary N) is 1. The Kier molecular flexibility index (Phi) is 2.76. The molecule has 0 radical (unpaired) electrons. The van der Waals surface area contributed by atoms with Crippen molar-refractivity contribution in [2.24, 2.45) is 0 Å². The second-order valence-corrected chi connectivity index (χ2v) is 4.74. The molecule has 2 heterocycles. The molecule has 88 valence electrons. The van der Waals surface area contributed by atoms with Crippen LogP contribution in [0, 0.1) is 6.92 Å². The maximum Gasteiger partial charge on any atom is 0.129 e. The molecule has 2 atom stereocenters. The number of aromatic nitrogens is 1. The highest BCUT2D eigenvalue weighted by atomic mass is 16.5. The van der Waals surface area contributed by atoms with Gasteiger partial charge >= 0.3 is 0 Å². The van der Waals surface area contributed by atoms with Crippen LogP contribution in [0.25, 0.3) is 0 Å². The Morgan fingerprint density at radius 2 is 2.38 bits per heavy atom. The first-order valence-electron chi connectivity index (χ1n) is 5.63. The van der Waals surface area contributed by atoms with Gasteiger partial charge in [0.15, 0.2) is 0 Å². The zero-order valence-electron chi connectivity index (χ0n) is 10.1. The van der Waals surface area contributed by atoms with Gasteiger partial charge in [-0.3, -0.25) is 0 Å². The number of hydrogen-bond donors (Lipinski definition) is 2. The van der Waals surface area contributed by atoms with Crippen LogP contribution in [0.1, 0.15) is 25.8 Å². The van der Waals surface area contributed by atoms with Gasteiger partial charge in [-0.05, 0) is 38.8 Å². The van der Waals surface area contributed by atoms with Gasteiger partial charge in [-0.1, -0.05) is 0 Å². The Balaban J connectivity index is 2.20. The fourth-order valence-corrected chi connectivity index (χ4v) is 2.00. The summed E-state index contributed by atoms with van der Waals surface area (Å²) in [6.07, 6.45) is 2.88. The Labute approximate surface area is 96.2 Å². The quantitative estimate of drug-likeness (QED) is 0.801. The number of pyridine rings is 1. The van der Waals surface area contributed by atoms with Crippen LogP contribution < -0.4 is 11.1 Å². The Morgan fingerprint density at radius 3 is 2.94 bits per heavy atom. The molecule has 4 nitrogen and oxygen atoms in total. The van der Waals surface area contributed by atoms with Crippen molar-refractivity contribution in [3.63, 3.8) is 0 Å². The second kappa shape index (κ2) is 3.94. The number of hydrogen-bond acceptors (Lipinski definition) is 4. The highest BCUT2D eigenvalue weighted by Gasteiger charge is 2.37. The molecule has 0 spiro atoms. The molecule has 0 aliphatic carbocycles. The number of nitrogen functional groups attached to an aromatic ring is 1. The summed E-state index contributed by atoms with van der Waals surface area (Å²) in [5, 5.41) is 3.47. The Hall–Kier alpha value is -1.29. The highest BCUT2D eigenvalue weighted by Crippen LogP contribution is 2.30. The Morgan fingerprint density at radius 1 is 1.62 bits per heavy atom. The summed E-state index contributed by atoms with van der Waals surface area (Å²) in [4.78, 5) is 4.33. The first kappa shape index (κ1) is 11.2. The molecule has 1 saturated heterocycles. The molecular weight excluding hydrogens is 202 g/mol. The van der Waals surface area contributed by atoms with Gasteiger partial charge in [-0.15, -0.1) is 0 Å². The van der Waals surface area contributed by atoms with E-state index in [1.807, 2.05) is 13.0 Å². The molecule has 16 heavy (non-hydrogen) atoms. The zero-order valence-corrected chi connectivity index (χ0v) is 10.1. The number of rotatable bonds is 2. The van der Waals surface area contributed by atoms with Crippen LogP contribution in [0.2, 0.25) is 0 Å². The van der Waals surface area contributed by atoms with Crippen LogP contribution >= 0.6 is 0 Å². The average molecular weight is 221 g/mol. The molecule has 2 rings (SSSR count). The van der Waals surface area contributed by atoms with Crippen molar-refractivity contribution in [3.05, 3.63) is 17.8 Å². The number of nitrogens with zero attached hydrogens (tertiary/aromatic N) is 1. The number of nitrogens with one attached hydrogen (secondary N) is 1. The molecular formula is C12H19N3O. The first-order valence-corrected chi connectivity index (χ1v) is 5.63. The van der Waals surface area contributed by atoms with E-state index in [4.69, 9.17) is 10.5 Å². The van der Waals surface area contributed by atoms with E-state index >= 15 is 0 Å². The van der Waals surface area contributed by atoms with Gasteiger partial charge in [0.25, 0.3) is 0 Å². The van der Waals surface area contributed by atoms with Crippen LogP contribution in [-0.2, 0) is 4.74 Å². The van der Waals surface area contributed by atoms with Crippen LogP contribution in [0.4, 0.5) is 11.5 Å². The molecule has 1 aliphatic heterocycles. The predicted octanol–water partition coefficient (Wildman–Crippen LogP) is 1.95. The van der Waals surface area contributed by atoms with Crippen molar-refractivity contribution >= 4 is 11.5 Å². The molecule has 1 fully saturated rings. The summed E-state index contributed by atoms with van der Waals surface area (Å²) < 4.78 is 5.59. The number of ether oxygens (including phenoxy) is 1. The van der Waals surface area contributed by atoms with E-state index in [0.29, 0.717) is 5.69 Å². The fraction of sp³-hybridized carbons (Fsp3) is 0.583. The second-order valence-electron chi connectivity index (χ2n) is 4.74. The van der Waals surface area contributed by atoms with Crippen LogP contribution in [0.5, 0.6) is 0 Å². The normalized spacial score (nSPS) is 29.3. The monoisotopic (exact) mass is 221 g/mol. The predicted molar refractivity (Wildman–Crippen MR) is 65.4 cm³/mol. The van der Waals surface area contributed by atoms with E-state index in [1.165, 1.54) is 0 Å².